The zero-order valence-corrected chi connectivity index (χ0v) is 14.4. The summed E-state index contributed by atoms with van der Waals surface area (Å²) in [6.07, 6.45) is 13.6. The highest BCUT2D eigenvalue weighted by Gasteiger charge is 2.07. The Labute approximate surface area is 135 Å². The van der Waals surface area contributed by atoms with Gasteiger partial charge in [-0.25, -0.2) is 0 Å². The number of rotatable bonds is 15. The lowest BCUT2D eigenvalue weighted by molar-refractivity contribution is -0.146. The van der Waals surface area contributed by atoms with Gasteiger partial charge in [0.1, 0.15) is 12.7 Å². The number of halogens is 1. The normalized spacial score (nSPS) is 12.3. The molecule has 0 rings (SSSR count). The predicted molar refractivity (Wildman–Crippen MR) is 88.8 cm³/mol. The molecule has 0 saturated carbocycles. The van der Waals surface area contributed by atoms with Crippen molar-refractivity contribution in [3.63, 3.8) is 0 Å². The van der Waals surface area contributed by atoms with E-state index in [-0.39, 0.29) is 18.5 Å². The molecular weight excluding hydrogens is 288 g/mol. The second-order valence-electron chi connectivity index (χ2n) is 5.78. The predicted octanol–water partition coefficient (Wildman–Crippen LogP) is 4.83. The highest BCUT2D eigenvalue weighted by molar-refractivity contribution is 6.18. The summed E-state index contributed by atoms with van der Waals surface area (Å²) in [6.45, 7) is 2.26. The molecule has 0 aromatic rings. The largest absolute Gasteiger partial charge is 0.463 e. The van der Waals surface area contributed by atoms with Crippen molar-refractivity contribution >= 4 is 17.6 Å². The fourth-order valence-electron chi connectivity index (χ4n) is 2.24. The van der Waals surface area contributed by atoms with E-state index in [1.807, 2.05) is 0 Å². The van der Waals surface area contributed by atoms with Crippen molar-refractivity contribution in [1.29, 1.82) is 0 Å². The lowest BCUT2D eigenvalue weighted by atomic mass is 10.1. The van der Waals surface area contributed by atoms with Crippen LogP contribution < -0.4 is 0 Å². The van der Waals surface area contributed by atoms with E-state index >= 15 is 0 Å². The lowest BCUT2D eigenvalue weighted by Gasteiger charge is -2.08. The standard InChI is InChI=1S/C17H33ClO3/c1-2-3-4-5-6-7-8-9-10-11-12-13-17(20)21-15-16(19)14-18/h16,19H,2-15H2,1H3. The lowest BCUT2D eigenvalue weighted by Crippen LogP contribution is -2.19. The minimum atomic E-state index is -0.743. The quantitative estimate of drug-likeness (QED) is 0.267. The summed E-state index contributed by atoms with van der Waals surface area (Å²) in [4.78, 5) is 11.3. The number of ether oxygens (including phenoxy) is 1. The molecule has 0 bridgehead atoms. The third-order valence-electron chi connectivity index (χ3n) is 3.60. The van der Waals surface area contributed by atoms with Gasteiger partial charge < -0.3 is 9.84 Å². The molecular formula is C17H33ClO3. The first-order valence-electron chi connectivity index (χ1n) is 8.60. The van der Waals surface area contributed by atoms with E-state index in [1.54, 1.807) is 0 Å². The van der Waals surface area contributed by atoms with Crippen LogP contribution in [0.3, 0.4) is 0 Å². The average Bonchev–Trinajstić information content (AvgIpc) is 2.50. The molecule has 0 aromatic heterocycles. The Bertz CT molecular complexity index is 234. The van der Waals surface area contributed by atoms with Crippen molar-refractivity contribution in [1.82, 2.24) is 0 Å². The summed E-state index contributed by atoms with van der Waals surface area (Å²) in [6, 6.07) is 0. The van der Waals surface area contributed by atoms with Gasteiger partial charge in [-0.2, -0.15) is 0 Å². The second kappa shape index (κ2) is 16.1. The summed E-state index contributed by atoms with van der Waals surface area (Å²) in [5, 5.41) is 9.16. The summed E-state index contributed by atoms with van der Waals surface area (Å²) in [5.74, 6) is -0.124. The minimum absolute atomic E-state index is 0.0143. The SMILES string of the molecule is CCCCCCCCCCCCCC(=O)OCC(O)CCl. The van der Waals surface area contributed by atoms with Gasteiger partial charge in [-0.1, -0.05) is 71.1 Å². The molecule has 0 amide bonds. The fraction of sp³-hybridized carbons (Fsp3) is 0.941. The first-order valence-corrected chi connectivity index (χ1v) is 9.13. The molecule has 0 saturated heterocycles. The van der Waals surface area contributed by atoms with E-state index in [2.05, 4.69) is 6.92 Å². The Hall–Kier alpha value is -0.280. The molecule has 0 aliphatic carbocycles. The third-order valence-corrected chi connectivity index (χ3v) is 3.96. The minimum Gasteiger partial charge on any atom is -0.463 e. The van der Waals surface area contributed by atoms with Crippen LogP contribution >= 0.6 is 11.6 Å². The van der Waals surface area contributed by atoms with Crippen LogP contribution in [0.15, 0.2) is 0 Å². The molecule has 3 nitrogen and oxygen atoms in total. The molecule has 0 aliphatic rings. The molecule has 21 heavy (non-hydrogen) atoms. The molecule has 0 heterocycles. The highest BCUT2D eigenvalue weighted by Crippen LogP contribution is 2.12. The van der Waals surface area contributed by atoms with Crippen molar-refractivity contribution in [3.8, 4) is 0 Å². The molecule has 1 unspecified atom stereocenters. The van der Waals surface area contributed by atoms with E-state index in [9.17, 15) is 4.79 Å². The summed E-state index contributed by atoms with van der Waals surface area (Å²) >= 11 is 5.42. The number of carbonyl (C=O) groups excluding carboxylic acids is 1. The van der Waals surface area contributed by atoms with Gasteiger partial charge in [0.15, 0.2) is 0 Å². The first-order chi connectivity index (χ1) is 10.2. The zero-order chi connectivity index (χ0) is 15.8. The van der Waals surface area contributed by atoms with Crippen LogP contribution in [0.25, 0.3) is 0 Å². The van der Waals surface area contributed by atoms with Crippen LogP contribution in [0.2, 0.25) is 0 Å². The van der Waals surface area contributed by atoms with Crippen LogP contribution in [-0.2, 0) is 9.53 Å². The summed E-state index contributed by atoms with van der Waals surface area (Å²) < 4.78 is 4.91. The Balaban J connectivity index is 3.16. The van der Waals surface area contributed by atoms with Gasteiger partial charge in [-0.3, -0.25) is 4.79 Å². The maximum Gasteiger partial charge on any atom is 0.305 e. The Morgan fingerprint density at radius 1 is 0.952 bits per heavy atom. The van der Waals surface area contributed by atoms with Gasteiger partial charge in [-0.15, -0.1) is 11.6 Å². The van der Waals surface area contributed by atoms with E-state index in [1.165, 1.54) is 57.8 Å². The number of hydrogen-bond donors (Lipinski definition) is 1. The molecule has 126 valence electrons. The van der Waals surface area contributed by atoms with Gasteiger partial charge >= 0.3 is 5.97 Å². The van der Waals surface area contributed by atoms with Crippen molar-refractivity contribution in [2.75, 3.05) is 12.5 Å². The first kappa shape index (κ1) is 20.7. The number of carbonyl (C=O) groups is 1. The Kier molecular flexibility index (Phi) is 15.9. The molecule has 0 fully saturated rings. The van der Waals surface area contributed by atoms with E-state index in [0.29, 0.717) is 6.42 Å². The van der Waals surface area contributed by atoms with Gasteiger partial charge in [0.2, 0.25) is 0 Å². The smallest absolute Gasteiger partial charge is 0.305 e. The molecule has 1 atom stereocenters. The third kappa shape index (κ3) is 15.9. The highest BCUT2D eigenvalue weighted by atomic mass is 35.5. The van der Waals surface area contributed by atoms with Crippen molar-refractivity contribution in [2.45, 2.75) is 90.1 Å². The maximum absolute atomic E-state index is 11.3. The van der Waals surface area contributed by atoms with Gasteiger partial charge in [-0.05, 0) is 6.42 Å². The molecule has 4 heteroatoms. The monoisotopic (exact) mass is 320 g/mol. The van der Waals surface area contributed by atoms with Gasteiger partial charge in [0.25, 0.3) is 0 Å². The van der Waals surface area contributed by atoms with Crippen LogP contribution in [0, 0.1) is 0 Å². The van der Waals surface area contributed by atoms with Crippen molar-refractivity contribution in [3.05, 3.63) is 0 Å². The van der Waals surface area contributed by atoms with Crippen LogP contribution in [0.4, 0.5) is 0 Å². The molecule has 0 spiro atoms. The molecule has 1 N–H and O–H groups in total. The second-order valence-corrected chi connectivity index (χ2v) is 6.09. The number of aliphatic hydroxyl groups excluding tert-OH is 1. The van der Waals surface area contributed by atoms with Crippen molar-refractivity contribution < 1.29 is 14.6 Å². The number of esters is 1. The number of alkyl halides is 1. The van der Waals surface area contributed by atoms with Crippen LogP contribution in [-0.4, -0.2) is 29.7 Å². The fourth-order valence-corrected chi connectivity index (χ4v) is 2.33. The molecule has 0 aromatic carbocycles. The van der Waals surface area contributed by atoms with Gasteiger partial charge in [0, 0.05) is 6.42 Å². The van der Waals surface area contributed by atoms with E-state index in [0.717, 1.165) is 12.8 Å². The van der Waals surface area contributed by atoms with Gasteiger partial charge in [0.05, 0.1) is 5.88 Å². The Morgan fingerprint density at radius 2 is 1.43 bits per heavy atom. The van der Waals surface area contributed by atoms with Crippen molar-refractivity contribution in [2.24, 2.45) is 0 Å². The number of unbranched alkanes of at least 4 members (excludes halogenated alkanes) is 10. The average molecular weight is 321 g/mol. The van der Waals surface area contributed by atoms with Crippen LogP contribution in [0.5, 0.6) is 0 Å². The maximum atomic E-state index is 11.3. The summed E-state index contributed by atoms with van der Waals surface area (Å²) in [5.41, 5.74) is 0. The molecule has 0 aliphatic heterocycles. The van der Waals surface area contributed by atoms with E-state index < -0.39 is 6.10 Å². The Morgan fingerprint density at radius 3 is 1.90 bits per heavy atom. The zero-order valence-electron chi connectivity index (χ0n) is 13.6. The number of hydrogen-bond acceptors (Lipinski definition) is 3. The number of aliphatic hydroxyl groups is 1. The molecule has 0 radical (unpaired) electrons. The van der Waals surface area contributed by atoms with Crippen LogP contribution in [0.1, 0.15) is 84.0 Å². The van der Waals surface area contributed by atoms with E-state index in [4.69, 9.17) is 21.4 Å². The topological polar surface area (TPSA) is 46.5 Å². The summed E-state index contributed by atoms with van der Waals surface area (Å²) in [7, 11) is 0.